The molecular weight excluding hydrogens is 408 g/mol. The minimum atomic E-state index is -0.377. The number of nitrogens with one attached hydrogen (secondary N) is 1. The van der Waals surface area contributed by atoms with E-state index in [0.717, 1.165) is 22.4 Å². The smallest absolute Gasteiger partial charge is 0.273 e. The molecule has 9 heteroatoms. The zero-order chi connectivity index (χ0) is 22.5. The van der Waals surface area contributed by atoms with Gasteiger partial charge in [-0.25, -0.2) is 4.68 Å². The van der Waals surface area contributed by atoms with Crippen LogP contribution >= 0.6 is 0 Å². The minimum Gasteiger partial charge on any atom is -0.390 e. The van der Waals surface area contributed by atoms with Crippen LogP contribution in [0.3, 0.4) is 0 Å². The molecule has 0 fully saturated rings. The number of carbonyl (C=O) groups excluding carboxylic acids is 2. The minimum absolute atomic E-state index is 0.0271. The molecule has 0 radical (unpaired) electrons. The molecule has 1 aliphatic heterocycles. The number of nitrogens with zero attached hydrogens (tertiary/aromatic N) is 5. The lowest BCUT2D eigenvalue weighted by Crippen LogP contribution is -2.32. The number of likely N-dealkylation sites (N-methyl/N-ethyl adjacent to an activating group) is 1. The second-order valence-electron chi connectivity index (χ2n) is 7.71. The first-order valence-corrected chi connectivity index (χ1v) is 10.3. The normalized spacial score (nSPS) is 15.1. The molecule has 2 amide bonds. The first kappa shape index (κ1) is 21.2. The van der Waals surface area contributed by atoms with Gasteiger partial charge in [-0.3, -0.25) is 9.59 Å². The van der Waals surface area contributed by atoms with Gasteiger partial charge in [-0.1, -0.05) is 65.0 Å². The van der Waals surface area contributed by atoms with Gasteiger partial charge in [-0.2, -0.15) is 0 Å². The number of hydrogen-bond donors (Lipinski definition) is 1. The molecule has 0 saturated carbocycles. The lowest BCUT2D eigenvalue weighted by molar-refractivity contribution is -0.129. The first-order valence-electron chi connectivity index (χ1n) is 10.3. The van der Waals surface area contributed by atoms with Gasteiger partial charge in [-0.05, 0) is 16.7 Å². The van der Waals surface area contributed by atoms with E-state index in [0.29, 0.717) is 6.42 Å². The van der Waals surface area contributed by atoms with Crippen LogP contribution < -0.4 is 5.32 Å². The number of aromatic nitrogens is 3. The predicted molar refractivity (Wildman–Crippen MR) is 119 cm³/mol. The van der Waals surface area contributed by atoms with Crippen molar-refractivity contribution in [3.05, 3.63) is 72.1 Å². The molecule has 1 aromatic heterocycles. The van der Waals surface area contributed by atoms with Crippen molar-refractivity contribution in [2.45, 2.75) is 19.1 Å². The van der Waals surface area contributed by atoms with Crippen LogP contribution in [0.2, 0.25) is 0 Å². The number of rotatable bonds is 7. The van der Waals surface area contributed by atoms with Crippen LogP contribution in [0.5, 0.6) is 0 Å². The molecular formula is C23H24N6O3. The first-order chi connectivity index (χ1) is 15.5. The standard InChI is InChI=1S/C23H24N6O3/c1-28(2)22(30)15-29-14-21(25-27-29)23(31)24-13-19-12-20(26-32-19)18-10-8-17(9-11-18)16-6-4-3-5-7-16/h3-11,14,19H,12-13,15H2,1-2H3,(H,24,31)/t19-/m1/s1. The van der Waals surface area contributed by atoms with Crippen LogP contribution in [-0.4, -0.2) is 64.2 Å². The summed E-state index contributed by atoms with van der Waals surface area (Å²) in [7, 11) is 3.31. The van der Waals surface area contributed by atoms with E-state index < -0.39 is 0 Å². The second-order valence-corrected chi connectivity index (χ2v) is 7.71. The van der Waals surface area contributed by atoms with Crippen molar-refractivity contribution in [2.75, 3.05) is 20.6 Å². The van der Waals surface area contributed by atoms with Crippen LogP contribution in [0.1, 0.15) is 22.5 Å². The molecule has 4 rings (SSSR count). The summed E-state index contributed by atoms with van der Waals surface area (Å²) < 4.78 is 1.34. The predicted octanol–water partition coefficient (Wildman–Crippen LogP) is 1.96. The highest BCUT2D eigenvalue weighted by Crippen LogP contribution is 2.22. The molecule has 1 N–H and O–H groups in total. The van der Waals surface area contributed by atoms with E-state index in [1.54, 1.807) is 14.1 Å². The third kappa shape index (κ3) is 5.00. The summed E-state index contributed by atoms with van der Waals surface area (Å²) in [6.45, 7) is 0.316. The molecule has 9 nitrogen and oxygen atoms in total. The van der Waals surface area contributed by atoms with Crippen LogP contribution in [0.15, 0.2) is 65.9 Å². The van der Waals surface area contributed by atoms with E-state index in [9.17, 15) is 9.59 Å². The van der Waals surface area contributed by atoms with Crippen LogP contribution in [0, 0.1) is 0 Å². The average molecular weight is 432 g/mol. The van der Waals surface area contributed by atoms with E-state index in [4.69, 9.17) is 4.84 Å². The van der Waals surface area contributed by atoms with Crippen LogP contribution in [0.4, 0.5) is 0 Å². The highest BCUT2D eigenvalue weighted by molar-refractivity contribution is 6.01. The van der Waals surface area contributed by atoms with Gasteiger partial charge >= 0.3 is 0 Å². The quantitative estimate of drug-likeness (QED) is 0.615. The van der Waals surface area contributed by atoms with Crippen molar-refractivity contribution in [1.29, 1.82) is 0 Å². The van der Waals surface area contributed by atoms with Gasteiger partial charge in [0.05, 0.1) is 18.5 Å². The lowest BCUT2D eigenvalue weighted by Gasteiger charge is -2.09. The summed E-state index contributed by atoms with van der Waals surface area (Å²) >= 11 is 0. The fraction of sp³-hybridized carbons (Fsp3) is 0.261. The van der Waals surface area contributed by atoms with Gasteiger partial charge < -0.3 is 15.1 Å². The Bertz CT molecular complexity index is 1120. The van der Waals surface area contributed by atoms with Gasteiger partial charge in [0.25, 0.3) is 5.91 Å². The Balaban J connectivity index is 1.27. The van der Waals surface area contributed by atoms with Crippen LogP contribution in [0.25, 0.3) is 11.1 Å². The fourth-order valence-corrected chi connectivity index (χ4v) is 3.25. The maximum absolute atomic E-state index is 12.3. The molecule has 1 aliphatic rings. The molecule has 2 heterocycles. The monoisotopic (exact) mass is 432 g/mol. The zero-order valence-electron chi connectivity index (χ0n) is 17.9. The summed E-state index contributed by atoms with van der Waals surface area (Å²) in [5.41, 5.74) is 4.28. The summed E-state index contributed by atoms with van der Waals surface area (Å²) in [5, 5.41) is 14.6. The molecule has 1 atom stereocenters. The van der Waals surface area contributed by atoms with E-state index in [1.165, 1.54) is 15.8 Å². The summed E-state index contributed by atoms with van der Waals surface area (Å²) in [6, 6.07) is 18.3. The van der Waals surface area contributed by atoms with Crippen LogP contribution in [-0.2, 0) is 16.2 Å². The van der Waals surface area contributed by atoms with Gasteiger partial charge in [0.1, 0.15) is 12.6 Å². The molecule has 0 saturated heterocycles. The maximum atomic E-state index is 12.3. The Labute approximate surface area is 185 Å². The fourth-order valence-electron chi connectivity index (χ4n) is 3.25. The van der Waals surface area contributed by atoms with Gasteiger partial charge in [0, 0.05) is 20.5 Å². The number of oxime groups is 1. The van der Waals surface area contributed by atoms with Crippen molar-refractivity contribution in [1.82, 2.24) is 25.2 Å². The van der Waals surface area contributed by atoms with Crippen molar-refractivity contribution in [3.8, 4) is 11.1 Å². The Kier molecular flexibility index (Phi) is 6.25. The largest absolute Gasteiger partial charge is 0.390 e. The number of amides is 2. The van der Waals surface area contributed by atoms with Gasteiger partial charge in [0.2, 0.25) is 5.91 Å². The van der Waals surface area contributed by atoms with E-state index in [2.05, 4.69) is 45.1 Å². The SMILES string of the molecule is CN(C)C(=O)Cn1cc(C(=O)NC[C@H]2CC(c3ccc(-c4ccccc4)cc3)=NO2)nn1. The van der Waals surface area contributed by atoms with Crippen molar-refractivity contribution in [2.24, 2.45) is 5.16 Å². The number of benzene rings is 2. The van der Waals surface area contributed by atoms with Gasteiger partial charge in [-0.15, -0.1) is 5.10 Å². The van der Waals surface area contributed by atoms with Crippen molar-refractivity contribution < 1.29 is 14.4 Å². The van der Waals surface area contributed by atoms with E-state index in [1.807, 2.05) is 30.3 Å². The molecule has 32 heavy (non-hydrogen) atoms. The Morgan fingerprint density at radius 3 is 2.47 bits per heavy atom. The molecule has 0 bridgehead atoms. The van der Waals surface area contributed by atoms with Crippen molar-refractivity contribution in [3.63, 3.8) is 0 Å². The molecule has 0 unspecified atom stereocenters. The molecule has 164 valence electrons. The highest BCUT2D eigenvalue weighted by Gasteiger charge is 2.23. The van der Waals surface area contributed by atoms with E-state index >= 15 is 0 Å². The summed E-state index contributed by atoms with van der Waals surface area (Å²) in [5.74, 6) is -0.513. The van der Waals surface area contributed by atoms with Gasteiger partial charge in [0.15, 0.2) is 5.69 Å². The topological polar surface area (TPSA) is 102 Å². The summed E-state index contributed by atoms with van der Waals surface area (Å²) in [6.07, 6.45) is 1.78. The molecule has 0 spiro atoms. The number of carbonyl (C=O) groups is 2. The zero-order valence-corrected chi connectivity index (χ0v) is 17.9. The number of hydrogen-bond acceptors (Lipinski definition) is 6. The van der Waals surface area contributed by atoms with E-state index in [-0.39, 0.29) is 36.7 Å². The second kappa shape index (κ2) is 9.42. The third-order valence-corrected chi connectivity index (χ3v) is 5.12. The van der Waals surface area contributed by atoms with Crippen molar-refractivity contribution >= 4 is 17.5 Å². The maximum Gasteiger partial charge on any atom is 0.273 e. The molecule has 0 aliphatic carbocycles. The molecule has 2 aromatic carbocycles. The molecule has 3 aromatic rings. The Morgan fingerprint density at radius 1 is 1.06 bits per heavy atom. The highest BCUT2D eigenvalue weighted by atomic mass is 16.6. The average Bonchev–Trinajstić information content (AvgIpc) is 3.48. The summed E-state index contributed by atoms with van der Waals surface area (Å²) in [4.78, 5) is 31.0. The Morgan fingerprint density at radius 2 is 1.75 bits per heavy atom. The third-order valence-electron chi connectivity index (χ3n) is 5.12. The lowest BCUT2D eigenvalue weighted by atomic mass is 10.0. The Hall–Kier alpha value is -4.01.